The molecule has 1 amide bonds. The molecule has 2 N–H and O–H groups in total. The van der Waals surface area contributed by atoms with Gasteiger partial charge in [0.2, 0.25) is 17.8 Å². The highest BCUT2D eigenvalue weighted by Crippen LogP contribution is 2.24. The molecule has 2 aromatic rings. The fourth-order valence-electron chi connectivity index (χ4n) is 2.52. The topological polar surface area (TPSA) is 92.3 Å². The first kappa shape index (κ1) is 19.4. The Hall–Kier alpha value is -2.39. The van der Waals surface area contributed by atoms with E-state index >= 15 is 0 Å². The number of hydrogen-bond donors (Lipinski definition) is 2. The van der Waals surface area contributed by atoms with E-state index in [1.807, 2.05) is 44.2 Å². The number of nitrogens with one attached hydrogen (secondary N) is 2. The number of anilines is 3. The standard InChI is InChI=1S/C18H24N6O2S/c1-3-19-16-21-17(24-9-11-26-12-10-24)23-18(22-16)27-13(2)15(25)20-14-7-5-4-6-8-14/h4-8,13H,3,9-12H2,1-2H3,(H,20,25)(H,19,21,22,23)/t13-/m1/s1. The molecular weight excluding hydrogens is 364 g/mol. The van der Waals surface area contributed by atoms with Crippen LogP contribution in [0.25, 0.3) is 0 Å². The summed E-state index contributed by atoms with van der Waals surface area (Å²) in [6.45, 7) is 7.32. The number of rotatable bonds is 7. The maximum absolute atomic E-state index is 12.5. The van der Waals surface area contributed by atoms with E-state index < -0.39 is 0 Å². The third-order valence-electron chi connectivity index (χ3n) is 3.92. The van der Waals surface area contributed by atoms with Crippen LogP contribution in [0.3, 0.4) is 0 Å². The van der Waals surface area contributed by atoms with Crippen LogP contribution in [0, 0.1) is 0 Å². The highest BCUT2D eigenvalue weighted by molar-refractivity contribution is 8.00. The third-order valence-corrected chi connectivity index (χ3v) is 4.89. The smallest absolute Gasteiger partial charge is 0.237 e. The molecule has 0 radical (unpaired) electrons. The van der Waals surface area contributed by atoms with Crippen molar-refractivity contribution >= 4 is 35.3 Å². The molecule has 0 unspecified atom stereocenters. The van der Waals surface area contributed by atoms with Gasteiger partial charge in [-0.3, -0.25) is 4.79 Å². The molecule has 1 aromatic heterocycles. The van der Waals surface area contributed by atoms with E-state index in [9.17, 15) is 4.79 Å². The van der Waals surface area contributed by atoms with Gasteiger partial charge in [-0.05, 0) is 26.0 Å². The van der Waals surface area contributed by atoms with Crippen molar-refractivity contribution in [1.29, 1.82) is 0 Å². The second-order valence-corrected chi connectivity index (χ2v) is 7.29. The molecule has 1 fully saturated rings. The van der Waals surface area contributed by atoms with Crippen molar-refractivity contribution in [2.24, 2.45) is 0 Å². The Balaban J connectivity index is 1.72. The molecule has 1 aliphatic rings. The van der Waals surface area contributed by atoms with Crippen molar-refractivity contribution in [3.63, 3.8) is 0 Å². The summed E-state index contributed by atoms with van der Waals surface area (Å²) >= 11 is 1.32. The Morgan fingerprint density at radius 2 is 1.96 bits per heavy atom. The quantitative estimate of drug-likeness (QED) is 0.698. The highest BCUT2D eigenvalue weighted by atomic mass is 32.2. The molecule has 0 aliphatic carbocycles. The summed E-state index contributed by atoms with van der Waals surface area (Å²) in [7, 11) is 0. The van der Waals surface area contributed by atoms with Gasteiger partial charge in [-0.2, -0.15) is 15.0 Å². The lowest BCUT2D eigenvalue weighted by atomic mass is 10.3. The van der Waals surface area contributed by atoms with Gasteiger partial charge >= 0.3 is 0 Å². The summed E-state index contributed by atoms with van der Waals surface area (Å²) in [6.07, 6.45) is 0. The minimum Gasteiger partial charge on any atom is -0.378 e. The van der Waals surface area contributed by atoms with Crippen LogP contribution in [-0.2, 0) is 9.53 Å². The van der Waals surface area contributed by atoms with E-state index in [1.54, 1.807) is 0 Å². The first-order chi connectivity index (χ1) is 13.2. The van der Waals surface area contributed by atoms with Gasteiger partial charge in [0.25, 0.3) is 0 Å². The molecule has 27 heavy (non-hydrogen) atoms. The fraction of sp³-hybridized carbons (Fsp3) is 0.444. The molecule has 2 heterocycles. The number of amides is 1. The number of carbonyl (C=O) groups excluding carboxylic acids is 1. The Kier molecular flexibility index (Phi) is 6.83. The van der Waals surface area contributed by atoms with E-state index in [0.29, 0.717) is 36.8 Å². The maximum atomic E-state index is 12.5. The third kappa shape index (κ3) is 5.54. The van der Waals surface area contributed by atoms with Crippen LogP contribution in [0.2, 0.25) is 0 Å². The molecule has 0 spiro atoms. The molecule has 1 aliphatic heterocycles. The number of thioether (sulfide) groups is 1. The van der Waals surface area contributed by atoms with Crippen LogP contribution in [0.5, 0.6) is 0 Å². The van der Waals surface area contributed by atoms with Crippen molar-refractivity contribution in [2.75, 3.05) is 48.4 Å². The molecule has 1 aromatic carbocycles. The first-order valence-corrected chi connectivity index (χ1v) is 9.89. The number of benzene rings is 1. The summed E-state index contributed by atoms with van der Waals surface area (Å²) in [5, 5.41) is 6.22. The van der Waals surface area contributed by atoms with Gasteiger partial charge in [-0.1, -0.05) is 30.0 Å². The normalized spacial score (nSPS) is 15.3. The van der Waals surface area contributed by atoms with Crippen LogP contribution in [0.1, 0.15) is 13.8 Å². The lowest BCUT2D eigenvalue weighted by molar-refractivity contribution is -0.115. The van der Waals surface area contributed by atoms with Crippen molar-refractivity contribution in [3.05, 3.63) is 30.3 Å². The van der Waals surface area contributed by atoms with Gasteiger partial charge in [0.15, 0.2) is 5.16 Å². The van der Waals surface area contributed by atoms with Crippen molar-refractivity contribution in [1.82, 2.24) is 15.0 Å². The predicted octanol–water partition coefficient (Wildman–Crippen LogP) is 2.26. The summed E-state index contributed by atoms with van der Waals surface area (Å²) in [6, 6.07) is 9.40. The number of nitrogens with zero attached hydrogens (tertiary/aromatic N) is 4. The van der Waals surface area contributed by atoms with E-state index in [4.69, 9.17) is 4.74 Å². The zero-order valence-electron chi connectivity index (χ0n) is 15.5. The highest BCUT2D eigenvalue weighted by Gasteiger charge is 2.20. The van der Waals surface area contributed by atoms with Gasteiger partial charge in [-0.15, -0.1) is 0 Å². The molecule has 8 nitrogen and oxygen atoms in total. The van der Waals surface area contributed by atoms with Crippen LogP contribution in [0.15, 0.2) is 35.5 Å². The average Bonchev–Trinajstić information content (AvgIpc) is 2.69. The van der Waals surface area contributed by atoms with E-state index in [-0.39, 0.29) is 11.2 Å². The molecule has 1 atom stereocenters. The number of hydrogen-bond acceptors (Lipinski definition) is 8. The van der Waals surface area contributed by atoms with Gasteiger partial charge < -0.3 is 20.3 Å². The van der Waals surface area contributed by atoms with E-state index in [2.05, 4.69) is 30.5 Å². The molecular formula is C18H24N6O2S. The monoisotopic (exact) mass is 388 g/mol. The van der Waals surface area contributed by atoms with Gasteiger partial charge in [-0.25, -0.2) is 0 Å². The zero-order valence-corrected chi connectivity index (χ0v) is 16.3. The molecule has 1 saturated heterocycles. The van der Waals surface area contributed by atoms with E-state index in [1.165, 1.54) is 11.8 Å². The van der Waals surface area contributed by atoms with E-state index in [0.717, 1.165) is 18.8 Å². The lowest BCUT2D eigenvalue weighted by Crippen LogP contribution is -2.37. The number of aromatic nitrogens is 3. The largest absolute Gasteiger partial charge is 0.378 e. The molecule has 0 saturated carbocycles. The van der Waals surface area contributed by atoms with Crippen molar-refractivity contribution in [2.45, 2.75) is 24.3 Å². The second-order valence-electron chi connectivity index (χ2n) is 5.99. The Labute approximate surface area is 163 Å². The zero-order chi connectivity index (χ0) is 19.1. The number of ether oxygens (including phenoxy) is 1. The fourth-order valence-corrected chi connectivity index (χ4v) is 3.27. The maximum Gasteiger partial charge on any atom is 0.237 e. The Morgan fingerprint density at radius 1 is 1.22 bits per heavy atom. The van der Waals surface area contributed by atoms with Crippen LogP contribution in [-0.4, -0.2) is 59.0 Å². The van der Waals surface area contributed by atoms with Gasteiger partial charge in [0.1, 0.15) is 0 Å². The van der Waals surface area contributed by atoms with Crippen molar-refractivity contribution in [3.8, 4) is 0 Å². The SMILES string of the molecule is CCNc1nc(S[C@H](C)C(=O)Nc2ccccc2)nc(N2CCOCC2)n1. The Bertz CT molecular complexity index is 755. The summed E-state index contributed by atoms with van der Waals surface area (Å²) in [4.78, 5) is 28.0. The predicted molar refractivity (Wildman–Crippen MR) is 107 cm³/mol. The summed E-state index contributed by atoms with van der Waals surface area (Å²) < 4.78 is 5.40. The molecule has 0 bridgehead atoms. The molecule has 144 valence electrons. The minimum absolute atomic E-state index is 0.0930. The van der Waals surface area contributed by atoms with Crippen LogP contribution >= 0.6 is 11.8 Å². The number of carbonyl (C=O) groups is 1. The average molecular weight is 388 g/mol. The second kappa shape index (κ2) is 9.52. The van der Waals surface area contributed by atoms with Crippen LogP contribution < -0.4 is 15.5 Å². The molecule has 9 heteroatoms. The number of morpholine rings is 1. The Morgan fingerprint density at radius 3 is 2.67 bits per heavy atom. The lowest BCUT2D eigenvalue weighted by Gasteiger charge is -2.27. The molecule has 3 rings (SSSR count). The van der Waals surface area contributed by atoms with Crippen molar-refractivity contribution < 1.29 is 9.53 Å². The van der Waals surface area contributed by atoms with Gasteiger partial charge in [0.05, 0.1) is 18.5 Å². The summed E-state index contributed by atoms with van der Waals surface area (Å²) in [5.74, 6) is 1.04. The number of para-hydroxylation sites is 1. The first-order valence-electron chi connectivity index (χ1n) is 9.01. The van der Waals surface area contributed by atoms with Crippen LogP contribution in [0.4, 0.5) is 17.6 Å². The summed E-state index contributed by atoms with van der Waals surface area (Å²) in [5.41, 5.74) is 0.771. The van der Waals surface area contributed by atoms with Gasteiger partial charge in [0, 0.05) is 25.3 Å². The minimum atomic E-state index is -0.348.